The van der Waals surface area contributed by atoms with Crippen molar-refractivity contribution in [2.24, 2.45) is 5.92 Å². The van der Waals surface area contributed by atoms with Gasteiger partial charge in [0, 0.05) is 29.4 Å². The van der Waals surface area contributed by atoms with Gasteiger partial charge < -0.3 is 0 Å². The van der Waals surface area contributed by atoms with Crippen LogP contribution in [0.3, 0.4) is 0 Å². The standard InChI is InChI=1S/C19H20ClNO/c1-13-18(22)12-17(14-8-10-16(20)11-9-14)21(2)19(13)15-6-4-3-5-7-15/h3-11,13,17,19H,12H2,1-2H3/t13-,17+,19-/m1/s1. The summed E-state index contributed by atoms with van der Waals surface area (Å²) in [5.74, 6) is 0.336. The van der Waals surface area contributed by atoms with Crippen molar-refractivity contribution >= 4 is 17.4 Å². The number of hydrogen-bond donors (Lipinski definition) is 0. The third-order valence-corrected chi connectivity index (χ3v) is 4.95. The summed E-state index contributed by atoms with van der Waals surface area (Å²) in [6, 6.07) is 18.3. The topological polar surface area (TPSA) is 20.3 Å². The van der Waals surface area contributed by atoms with Gasteiger partial charge in [-0.15, -0.1) is 0 Å². The van der Waals surface area contributed by atoms with E-state index in [1.165, 1.54) is 5.56 Å². The summed E-state index contributed by atoms with van der Waals surface area (Å²) in [6.45, 7) is 2.04. The highest BCUT2D eigenvalue weighted by molar-refractivity contribution is 6.30. The Morgan fingerprint density at radius 3 is 2.27 bits per heavy atom. The van der Waals surface area contributed by atoms with Crippen molar-refractivity contribution in [2.45, 2.75) is 25.4 Å². The monoisotopic (exact) mass is 313 g/mol. The van der Waals surface area contributed by atoms with Crippen LogP contribution in [-0.2, 0) is 4.79 Å². The molecule has 1 fully saturated rings. The highest BCUT2D eigenvalue weighted by atomic mass is 35.5. The number of piperidine rings is 1. The molecular weight excluding hydrogens is 294 g/mol. The van der Waals surface area contributed by atoms with Crippen LogP contribution >= 0.6 is 11.6 Å². The predicted molar refractivity (Wildman–Crippen MR) is 89.9 cm³/mol. The number of rotatable bonds is 2. The van der Waals surface area contributed by atoms with Gasteiger partial charge >= 0.3 is 0 Å². The SMILES string of the molecule is C[C@@H]1C(=O)C[C@@H](c2ccc(Cl)cc2)N(C)[C@H]1c1ccccc1. The third-order valence-electron chi connectivity index (χ3n) is 4.70. The predicted octanol–water partition coefficient (Wildman–Crippen LogP) is 4.66. The van der Waals surface area contributed by atoms with Crippen LogP contribution in [0.15, 0.2) is 54.6 Å². The Kier molecular flexibility index (Phi) is 4.32. The summed E-state index contributed by atoms with van der Waals surface area (Å²) < 4.78 is 0. The van der Waals surface area contributed by atoms with E-state index in [2.05, 4.69) is 24.1 Å². The summed E-state index contributed by atoms with van der Waals surface area (Å²) in [7, 11) is 2.11. The normalized spacial score (nSPS) is 26.1. The zero-order chi connectivity index (χ0) is 15.7. The van der Waals surface area contributed by atoms with Crippen LogP contribution in [-0.4, -0.2) is 17.7 Å². The molecule has 3 atom stereocenters. The fourth-order valence-electron chi connectivity index (χ4n) is 3.46. The molecular formula is C19H20ClNO. The Hall–Kier alpha value is -1.64. The summed E-state index contributed by atoms with van der Waals surface area (Å²) in [4.78, 5) is 14.8. The van der Waals surface area contributed by atoms with Crippen LogP contribution < -0.4 is 0 Å². The number of halogens is 1. The van der Waals surface area contributed by atoms with Crippen molar-refractivity contribution in [2.75, 3.05) is 7.05 Å². The second-order valence-electron chi connectivity index (χ2n) is 6.05. The van der Waals surface area contributed by atoms with Gasteiger partial charge in [-0.25, -0.2) is 0 Å². The van der Waals surface area contributed by atoms with E-state index in [9.17, 15) is 4.79 Å². The van der Waals surface area contributed by atoms with Crippen molar-refractivity contribution in [3.63, 3.8) is 0 Å². The summed E-state index contributed by atoms with van der Waals surface area (Å²) in [5.41, 5.74) is 2.34. The maximum Gasteiger partial charge on any atom is 0.139 e. The molecule has 1 aliphatic rings. The van der Waals surface area contributed by atoms with Gasteiger partial charge in [-0.3, -0.25) is 9.69 Å². The molecule has 3 rings (SSSR count). The van der Waals surface area contributed by atoms with Gasteiger partial charge in [-0.05, 0) is 30.3 Å². The molecule has 2 aromatic rings. The molecule has 0 saturated carbocycles. The number of hydrogen-bond acceptors (Lipinski definition) is 2. The molecule has 114 valence electrons. The zero-order valence-electron chi connectivity index (χ0n) is 12.9. The van der Waals surface area contributed by atoms with E-state index >= 15 is 0 Å². The fourth-order valence-corrected chi connectivity index (χ4v) is 3.58. The summed E-state index contributed by atoms with van der Waals surface area (Å²) in [6.07, 6.45) is 0.558. The molecule has 3 heteroatoms. The first-order valence-corrected chi connectivity index (χ1v) is 8.01. The largest absolute Gasteiger partial charge is 0.299 e. The van der Waals surface area contributed by atoms with E-state index in [0.29, 0.717) is 12.2 Å². The maximum absolute atomic E-state index is 12.5. The van der Waals surface area contributed by atoms with E-state index in [0.717, 1.165) is 10.6 Å². The second-order valence-corrected chi connectivity index (χ2v) is 6.48. The quantitative estimate of drug-likeness (QED) is 0.803. The number of carbonyl (C=O) groups excluding carboxylic acids is 1. The van der Waals surface area contributed by atoms with E-state index in [1.807, 2.05) is 49.4 Å². The Balaban J connectivity index is 1.96. The highest BCUT2D eigenvalue weighted by Crippen LogP contribution is 2.41. The van der Waals surface area contributed by atoms with Gasteiger partial charge in [0.15, 0.2) is 0 Å². The van der Waals surface area contributed by atoms with Crippen molar-refractivity contribution < 1.29 is 4.79 Å². The van der Waals surface area contributed by atoms with Crippen molar-refractivity contribution in [3.8, 4) is 0 Å². The molecule has 22 heavy (non-hydrogen) atoms. The molecule has 1 aliphatic heterocycles. The molecule has 0 unspecified atom stereocenters. The fraction of sp³-hybridized carbons (Fsp3) is 0.316. The Morgan fingerprint density at radius 2 is 1.64 bits per heavy atom. The van der Waals surface area contributed by atoms with E-state index in [-0.39, 0.29) is 18.0 Å². The van der Waals surface area contributed by atoms with Crippen LogP contribution in [0.4, 0.5) is 0 Å². The lowest BCUT2D eigenvalue weighted by Crippen LogP contribution is -2.42. The lowest BCUT2D eigenvalue weighted by atomic mass is 9.80. The average Bonchev–Trinajstić information content (AvgIpc) is 2.53. The molecule has 0 N–H and O–H groups in total. The van der Waals surface area contributed by atoms with Crippen LogP contribution in [0.2, 0.25) is 5.02 Å². The maximum atomic E-state index is 12.5. The lowest BCUT2D eigenvalue weighted by Gasteiger charge is -2.43. The molecule has 0 bridgehead atoms. The van der Waals surface area contributed by atoms with Gasteiger partial charge in [-0.2, -0.15) is 0 Å². The van der Waals surface area contributed by atoms with E-state index in [4.69, 9.17) is 11.6 Å². The smallest absolute Gasteiger partial charge is 0.139 e. The van der Waals surface area contributed by atoms with Gasteiger partial charge in [0.1, 0.15) is 5.78 Å². The van der Waals surface area contributed by atoms with Crippen molar-refractivity contribution in [1.29, 1.82) is 0 Å². The van der Waals surface area contributed by atoms with Crippen molar-refractivity contribution in [1.82, 2.24) is 4.90 Å². The number of nitrogens with zero attached hydrogens (tertiary/aromatic N) is 1. The first-order valence-electron chi connectivity index (χ1n) is 7.63. The molecule has 0 radical (unpaired) electrons. The molecule has 2 aromatic carbocycles. The third kappa shape index (κ3) is 2.81. The first kappa shape index (κ1) is 15.3. The Morgan fingerprint density at radius 1 is 1.00 bits per heavy atom. The van der Waals surface area contributed by atoms with Gasteiger partial charge in [-0.1, -0.05) is 61.0 Å². The van der Waals surface area contributed by atoms with Crippen LogP contribution in [0.1, 0.15) is 36.6 Å². The molecule has 0 spiro atoms. The van der Waals surface area contributed by atoms with Crippen molar-refractivity contribution in [3.05, 3.63) is 70.7 Å². The molecule has 1 heterocycles. The minimum Gasteiger partial charge on any atom is -0.299 e. The van der Waals surface area contributed by atoms with E-state index in [1.54, 1.807) is 0 Å². The zero-order valence-corrected chi connectivity index (χ0v) is 13.6. The second kappa shape index (κ2) is 6.23. The summed E-state index contributed by atoms with van der Waals surface area (Å²) in [5, 5.41) is 0.724. The van der Waals surface area contributed by atoms with Crippen LogP contribution in [0.5, 0.6) is 0 Å². The molecule has 0 amide bonds. The molecule has 2 nitrogen and oxygen atoms in total. The van der Waals surface area contributed by atoms with Gasteiger partial charge in [0.25, 0.3) is 0 Å². The minimum atomic E-state index is 0.0101. The number of carbonyl (C=O) groups is 1. The van der Waals surface area contributed by atoms with E-state index < -0.39 is 0 Å². The summed E-state index contributed by atoms with van der Waals surface area (Å²) >= 11 is 5.98. The first-order chi connectivity index (χ1) is 10.6. The van der Waals surface area contributed by atoms with Crippen LogP contribution in [0, 0.1) is 5.92 Å². The van der Waals surface area contributed by atoms with Gasteiger partial charge in [0.05, 0.1) is 0 Å². The lowest BCUT2D eigenvalue weighted by molar-refractivity contribution is -0.130. The van der Waals surface area contributed by atoms with Crippen LogP contribution in [0.25, 0.3) is 0 Å². The number of Topliss-reactive ketones (excluding diaryl/α,β-unsaturated/α-hetero) is 1. The Bertz CT molecular complexity index is 653. The average molecular weight is 314 g/mol. The number of likely N-dealkylation sites (tertiary alicyclic amines) is 1. The molecule has 0 aromatic heterocycles. The Labute approximate surface area is 136 Å². The number of benzene rings is 2. The minimum absolute atomic E-state index is 0.0101. The number of ketones is 1. The van der Waals surface area contributed by atoms with Gasteiger partial charge in [0.2, 0.25) is 0 Å². The molecule has 1 saturated heterocycles. The highest BCUT2D eigenvalue weighted by Gasteiger charge is 2.39. The molecule has 0 aliphatic carbocycles.